The molecule has 7 nitrogen and oxygen atoms in total. The third-order valence-electron chi connectivity index (χ3n) is 5.55. The Hall–Kier alpha value is -3.29. The van der Waals surface area contributed by atoms with Gasteiger partial charge in [0.25, 0.3) is 5.91 Å². The number of nitrogens with zero attached hydrogens (tertiary/aromatic N) is 4. The lowest BCUT2D eigenvalue weighted by atomic mass is 10.00. The summed E-state index contributed by atoms with van der Waals surface area (Å²) in [5, 5.41) is 2.70. The second-order valence-corrected chi connectivity index (χ2v) is 7.72. The molecular formula is C24H27N5O2. The molecule has 0 spiro atoms. The van der Waals surface area contributed by atoms with Crippen molar-refractivity contribution in [2.75, 3.05) is 33.7 Å². The predicted molar refractivity (Wildman–Crippen MR) is 119 cm³/mol. The van der Waals surface area contributed by atoms with E-state index in [0.717, 1.165) is 37.5 Å². The highest BCUT2D eigenvalue weighted by Gasteiger charge is 2.26. The van der Waals surface area contributed by atoms with Crippen LogP contribution < -0.4 is 10.1 Å². The number of ether oxygens (including phenoxy) is 1. The van der Waals surface area contributed by atoms with Crippen molar-refractivity contribution in [2.45, 2.75) is 12.6 Å². The molecule has 7 heteroatoms. The van der Waals surface area contributed by atoms with Gasteiger partial charge in [-0.2, -0.15) is 0 Å². The zero-order valence-electron chi connectivity index (χ0n) is 17.9. The van der Waals surface area contributed by atoms with Crippen LogP contribution in [0, 0.1) is 0 Å². The third-order valence-corrected chi connectivity index (χ3v) is 5.55. The quantitative estimate of drug-likeness (QED) is 0.665. The molecule has 3 aromatic rings. The number of carbonyl (C=O) groups is 1. The van der Waals surface area contributed by atoms with Crippen molar-refractivity contribution in [1.29, 1.82) is 0 Å². The highest BCUT2D eigenvalue weighted by Crippen LogP contribution is 2.27. The van der Waals surface area contributed by atoms with E-state index in [1.54, 1.807) is 25.5 Å². The maximum absolute atomic E-state index is 12.0. The Bertz CT molecular complexity index is 1030. The fourth-order valence-corrected chi connectivity index (χ4v) is 3.87. The molecule has 0 saturated carbocycles. The van der Waals surface area contributed by atoms with Crippen LogP contribution in [0.25, 0.3) is 0 Å². The van der Waals surface area contributed by atoms with E-state index in [-0.39, 0.29) is 11.9 Å². The lowest BCUT2D eigenvalue weighted by molar-refractivity contribution is 0.0901. The molecule has 1 amide bonds. The van der Waals surface area contributed by atoms with E-state index in [0.29, 0.717) is 11.6 Å². The number of hydrogen-bond acceptors (Lipinski definition) is 6. The second kappa shape index (κ2) is 9.68. The summed E-state index contributed by atoms with van der Waals surface area (Å²) in [5.41, 5.74) is 3.03. The Morgan fingerprint density at radius 3 is 2.71 bits per heavy atom. The molecule has 2 aromatic carbocycles. The van der Waals surface area contributed by atoms with E-state index in [1.165, 1.54) is 5.56 Å². The minimum Gasteiger partial charge on any atom is -0.424 e. The predicted octanol–water partition coefficient (Wildman–Crippen LogP) is 3.12. The number of likely N-dealkylation sites (N-methyl/N-ethyl adjacent to an activating group) is 1. The molecule has 1 atom stereocenters. The summed E-state index contributed by atoms with van der Waals surface area (Å²) >= 11 is 0. The van der Waals surface area contributed by atoms with Crippen LogP contribution in [-0.2, 0) is 6.54 Å². The second-order valence-electron chi connectivity index (χ2n) is 7.72. The third kappa shape index (κ3) is 5.25. The van der Waals surface area contributed by atoms with Crippen molar-refractivity contribution >= 4 is 5.91 Å². The summed E-state index contributed by atoms with van der Waals surface area (Å²) in [6, 6.07) is 18.3. The first-order chi connectivity index (χ1) is 15.1. The number of hydrogen-bond donors (Lipinski definition) is 1. The van der Waals surface area contributed by atoms with Gasteiger partial charge in [0.1, 0.15) is 5.75 Å². The van der Waals surface area contributed by atoms with Gasteiger partial charge in [0.2, 0.25) is 0 Å². The molecule has 1 aliphatic heterocycles. The molecule has 160 valence electrons. The molecule has 0 radical (unpaired) electrons. The Morgan fingerprint density at radius 1 is 1.10 bits per heavy atom. The van der Waals surface area contributed by atoms with Crippen molar-refractivity contribution in [2.24, 2.45) is 0 Å². The maximum Gasteiger partial charge on any atom is 0.321 e. The first-order valence-corrected chi connectivity index (χ1v) is 10.4. The van der Waals surface area contributed by atoms with E-state index in [4.69, 9.17) is 4.74 Å². The normalized spacial score (nSPS) is 17.3. The van der Waals surface area contributed by atoms with Gasteiger partial charge in [-0.05, 0) is 48.5 Å². The number of piperazine rings is 1. The highest BCUT2D eigenvalue weighted by atomic mass is 16.5. The smallest absolute Gasteiger partial charge is 0.321 e. The van der Waals surface area contributed by atoms with Crippen molar-refractivity contribution in [1.82, 2.24) is 25.1 Å². The summed E-state index contributed by atoms with van der Waals surface area (Å²) in [6.07, 6.45) is 3.32. The minimum absolute atomic E-state index is 0.0589. The van der Waals surface area contributed by atoms with Crippen LogP contribution in [0.2, 0.25) is 0 Å². The molecule has 1 aliphatic rings. The van der Waals surface area contributed by atoms with Crippen molar-refractivity contribution in [3.8, 4) is 11.8 Å². The summed E-state index contributed by atoms with van der Waals surface area (Å²) in [5.74, 6) is 0.670. The van der Waals surface area contributed by atoms with Crippen molar-refractivity contribution in [3.63, 3.8) is 0 Å². The van der Waals surface area contributed by atoms with Gasteiger partial charge in [-0.3, -0.25) is 14.6 Å². The molecular weight excluding hydrogens is 390 g/mol. The molecule has 0 bridgehead atoms. The Labute approximate surface area is 182 Å². The van der Waals surface area contributed by atoms with E-state index < -0.39 is 0 Å². The molecule has 1 saturated heterocycles. The number of nitrogens with one attached hydrogen (secondary N) is 1. The van der Waals surface area contributed by atoms with Gasteiger partial charge in [0.05, 0.1) is 0 Å². The zero-order chi connectivity index (χ0) is 21.6. The standard InChI is InChI=1S/C24H27N5O2/c1-25-23(30)20-8-4-7-19(15-20)22-17-29(13-12-28(22)2)16-18-6-3-9-21(14-18)31-24-26-10-5-11-27-24/h3-11,14-15,22H,12-13,16-17H2,1-2H3,(H,25,30). The van der Waals surface area contributed by atoms with Crippen molar-refractivity contribution < 1.29 is 9.53 Å². The fourth-order valence-electron chi connectivity index (χ4n) is 3.87. The van der Waals surface area contributed by atoms with E-state index in [9.17, 15) is 4.79 Å². The van der Waals surface area contributed by atoms with Crippen LogP contribution >= 0.6 is 0 Å². The summed E-state index contributed by atoms with van der Waals surface area (Å²) in [4.78, 5) is 25.1. The molecule has 1 unspecified atom stereocenters. The molecule has 0 aliphatic carbocycles. The fraction of sp³-hybridized carbons (Fsp3) is 0.292. The molecule has 1 aromatic heterocycles. The highest BCUT2D eigenvalue weighted by molar-refractivity contribution is 5.94. The molecule has 4 rings (SSSR count). The van der Waals surface area contributed by atoms with Crippen LogP contribution in [0.5, 0.6) is 11.8 Å². The number of amides is 1. The molecule has 31 heavy (non-hydrogen) atoms. The van der Waals surface area contributed by atoms with E-state index in [2.05, 4.69) is 44.3 Å². The molecule has 2 heterocycles. The number of aromatic nitrogens is 2. The van der Waals surface area contributed by atoms with Gasteiger partial charge in [-0.1, -0.05) is 24.3 Å². The van der Waals surface area contributed by atoms with E-state index >= 15 is 0 Å². The first kappa shape index (κ1) is 21.0. The topological polar surface area (TPSA) is 70.6 Å². The average Bonchev–Trinajstić information content (AvgIpc) is 2.81. The Morgan fingerprint density at radius 2 is 1.90 bits per heavy atom. The van der Waals surface area contributed by atoms with Gasteiger partial charge < -0.3 is 10.1 Å². The summed E-state index contributed by atoms with van der Waals surface area (Å²) in [7, 11) is 3.80. The van der Waals surface area contributed by atoms with Gasteiger partial charge in [-0.25, -0.2) is 9.97 Å². The first-order valence-electron chi connectivity index (χ1n) is 10.4. The zero-order valence-corrected chi connectivity index (χ0v) is 17.9. The summed E-state index contributed by atoms with van der Waals surface area (Å²) in [6.45, 7) is 3.66. The van der Waals surface area contributed by atoms with Gasteiger partial charge >= 0.3 is 6.01 Å². The van der Waals surface area contributed by atoms with Crippen LogP contribution in [0.4, 0.5) is 0 Å². The van der Waals surface area contributed by atoms with E-state index in [1.807, 2.05) is 36.4 Å². The monoisotopic (exact) mass is 417 g/mol. The average molecular weight is 418 g/mol. The number of rotatable bonds is 6. The molecule has 1 fully saturated rings. The Balaban J connectivity index is 1.45. The number of benzene rings is 2. The van der Waals surface area contributed by atoms with Crippen LogP contribution in [0.15, 0.2) is 67.0 Å². The summed E-state index contributed by atoms with van der Waals surface area (Å²) < 4.78 is 5.78. The largest absolute Gasteiger partial charge is 0.424 e. The number of carbonyl (C=O) groups excluding carboxylic acids is 1. The lowest BCUT2D eigenvalue weighted by Crippen LogP contribution is -2.46. The van der Waals surface area contributed by atoms with Gasteiger partial charge in [-0.15, -0.1) is 0 Å². The molecule has 1 N–H and O–H groups in total. The minimum atomic E-state index is -0.0589. The van der Waals surface area contributed by atoms with Gasteiger partial charge in [0, 0.05) is 57.2 Å². The Kier molecular flexibility index (Phi) is 6.54. The van der Waals surface area contributed by atoms with Gasteiger partial charge in [0.15, 0.2) is 0 Å². The lowest BCUT2D eigenvalue weighted by Gasteiger charge is -2.40. The van der Waals surface area contributed by atoms with Crippen LogP contribution in [0.3, 0.4) is 0 Å². The van der Waals surface area contributed by atoms with Crippen LogP contribution in [-0.4, -0.2) is 59.4 Å². The van der Waals surface area contributed by atoms with Crippen molar-refractivity contribution in [3.05, 3.63) is 83.7 Å². The van der Waals surface area contributed by atoms with Crippen LogP contribution in [0.1, 0.15) is 27.5 Å². The SMILES string of the molecule is CNC(=O)c1cccc(C2CN(Cc3cccc(Oc4ncccn4)c3)CCN2C)c1. The maximum atomic E-state index is 12.0.